The lowest BCUT2D eigenvalue weighted by Gasteiger charge is -2.38. The van der Waals surface area contributed by atoms with E-state index in [0.717, 1.165) is 13.0 Å². The molecule has 0 aromatic rings. The van der Waals surface area contributed by atoms with Crippen LogP contribution in [-0.4, -0.2) is 19.5 Å². The largest absolute Gasteiger partial charge is 0.348 e. The topological polar surface area (TPSA) is 61.8 Å². The number of nitrogens with zero attached hydrogens (tertiary/aromatic N) is 1. The summed E-state index contributed by atoms with van der Waals surface area (Å²) in [5, 5.41) is 11.3. The van der Waals surface area contributed by atoms with Gasteiger partial charge in [0.1, 0.15) is 0 Å². The minimum atomic E-state index is -0.101. The van der Waals surface area contributed by atoms with Crippen molar-refractivity contribution in [2.24, 2.45) is 11.1 Å². The molecule has 0 rings (SSSR count). The van der Waals surface area contributed by atoms with Gasteiger partial charge in [-0.05, 0) is 38.6 Å². The van der Waals surface area contributed by atoms with Crippen molar-refractivity contribution in [1.82, 2.24) is 5.23 Å². The molecule has 0 aromatic heterocycles. The van der Waals surface area contributed by atoms with Crippen LogP contribution in [-0.2, 0) is 0 Å². The van der Waals surface area contributed by atoms with Gasteiger partial charge in [-0.1, -0.05) is 46.0 Å². The summed E-state index contributed by atoms with van der Waals surface area (Å²) >= 11 is 0. The Balaban J connectivity index is 3.39. The molecule has 19 heavy (non-hydrogen) atoms. The van der Waals surface area contributed by atoms with E-state index in [-0.39, 0.29) is 11.0 Å². The minimum absolute atomic E-state index is 0.101. The monoisotopic (exact) mass is 264 g/mol. The van der Waals surface area contributed by atoms with Crippen molar-refractivity contribution >= 4 is 7.41 Å². The Labute approximate surface area is 120 Å². The summed E-state index contributed by atoms with van der Waals surface area (Å²) < 4.78 is 0. The molecular formula is C15H31BN3. The highest BCUT2D eigenvalue weighted by Crippen LogP contribution is 2.33. The molecule has 0 aliphatic carbocycles. The second-order valence-corrected chi connectivity index (χ2v) is 6.70. The molecule has 3 N–H and O–H groups in total. The van der Waals surface area contributed by atoms with Crippen LogP contribution in [0.4, 0.5) is 0 Å². The molecule has 0 unspecified atom stereocenters. The van der Waals surface area contributed by atoms with E-state index in [1.807, 2.05) is 5.97 Å². The van der Waals surface area contributed by atoms with Gasteiger partial charge in [-0.25, -0.2) is 5.26 Å². The Bertz CT molecular complexity index is 264. The molecule has 0 heterocycles. The second-order valence-electron chi connectivity index (χ2n) is 6.70. The van der Waals surface area contributed by atoms with E-state index in [4.69, 9.17) is 11.0 Å². The summed E-state index contributed by atoms with van der Waals surface area (Å²) in [6.07, 6.45) is 8.78. The van der Waals surface area contributed by atoms with Crippen molar-refractivity contribution in [3.05, 3.63) is 0 Å². The average molecular weight is 264 g/mol. The van der Waals surface area contributed by atoms with E-state index in [9.17, 15) is 0 Å². The van der Waals surface area contributed by atoms with Gasteiger partial charge in [0.25, 0.3) is 0 Å². The Hall–Kier alpha value is -0.525. The third kappa shape index (κ3) is 9.07. The molecule has 0 fully saturated rings. The first-order valence-electron chi connectivity index (χ1n) is 7.55. The van der Waals surface area contributed by atoms with E-state index in [1.54, 1.807) is 0 Å². The molecule has 0 aliphatic rings. The fourth-order valence-corrected chi connectivity index (χ4v) is 1.94. The number of nitriles is 1. The normalized spacial score (nSPS) is 12.2. The Morgan fingerprint density at radius 1 is 1.00 bits per heavy atom. The number of rotatable bonds is 11. The van der Waals surface area contributed by atoms with Gasteiger partial charge in [0.2, 0.25) is 0 Å². The highest BCUT2D eigenvalue weighted by Gasteiger charge is 2.32. The van der Waals surface area contributed by atoms with Gasteiger partial charge < -0.3 is 11.0 Å². The maximum atomic E-state index is 8.31. The SMILES string of the molecule is CC(C)(N)C(C)(C)CCCCCCCCN[B]C#N. The molecule has 0 saturated carbocycles. The van der Waals surface area contributed by atoms with E-state index in [0.29, 0.717) is 0 Å². The van der Waals surface area contributed by atoms with E-state index in [2.05, 4.69) is 32.9 Å². The number of nitrogens with two attached hydrogens (primary N) is 1. The zero-order valence-corrected chi connectivity index (χ0v) is 13.3. The lowest BCUT2D eigenvalue weighted by atomic mass is 9.72. The maximum absolute atomic E-state index is 8.31. The van der Waals surface area contributed by atoms with Crippen LogP contribution < -0.4 is 11.0 Å². The van der Waals surface area contributed by atoms with Gasteiger partial charge in [-0.3, -0.25) is 0 Å². The van der Waals surface area contributed by atoms with Crippen LogP contribution in [0.25, 0.3) is 0 Å². The first-order valence-corrected chi connectivity index (χ1v) is 7.55. The standard InChI is InChI=1S/C15H31BN3/c1-14(2,15(3,4)18)11-9-7-5-6-8-10-12-19-16-13-17/h19H,5-12,18H2,1-4H3. The number of unbranched alkanes of at least 4 members (excludes halogenated alkanes) is 5. The van der Waals surface area contributed by atoms with Crippen molar-refractivity contribution in [3.63, 3.8) is 0 Å². The Morgan fingerprint density at radius 3 is 2.05 bits per heavy atom. The lowest BCUT2D eigenvalue weighted by Crippen LogP contribution is -2.47. The van der Waals surface area contributed by atoms with Gasteiger partial charge in [-0.15, -0.1) is 0 Å². The summed E-state index contributed by atoms with van der Waals surface area (Å²) in [6, 6.07) is 0. The first-order chi connectivity index (χ1) is 8.81. The van der Waals surface area contributed by atoms with Crippen LogP contribution in [0, 0.1) is 16.6 Å². The van der Waals surface area contributed by atoms with Gasteiger partial charge >= 0.3 is 7.41 Å². The van der Waals surface area contributed by atoms with Crippen LogP contribution in [0.5, 0.6) is 0 Å². The number of hydrogen-bond acceptors (Lipinski definition) is 3. The molecular weight excluding hydrogens is 233 g/mol. The van der Waals surface area contributed by atoms with Crippen LogP contribution in [0.3, 0.4) is 0 Å². The molecule has 4 heteroatoms. The smallest absolute Gasteiger partial charge is 0.347 e. The van der Waals surface area contributed by atoms with Gasteiger partial charge in [0.05, 0.1) is 0 Å². The van der Waals surface area contributed by atoms with E-state index < -0.39 is 0 Å². The van der Waals surface area contributed by atoms with Gasteiger partial charge in [-0.2, -0.15) is 0 Å². The van der Waals surface area contributed by atoms with Crippen molar-refractivity contribution in [1.29, 1.82) is 5.26 Å². The number of hydrogen-bond donors (Lipinski definition) is 2. The van der Waals surface area contributed by atoms with Crippen LogP contribution in [0.2, 0.25) is 0 Å². The summed E-state index contributed by atoms with van der Waals surface area (Å²) in [7, 11) is 1.46. The van der Waals surface area contributed by atoms with Crippen LogP contribution in [0.15, 0.2) is 0 Å². The second kappa shape index (κ2) is 9.39. The third-order valence-electron chi connectivity index (χ3n) is 4.28. The van der Waals surface area contributed by atoms with Crippen molar-refractivity contribution < 1.29 is 0 Å². The Morgan fingerprint density at radius 2 is 1.53 bits per heavy atom. The Kier molecular flexibility index (Phi) is 9.13. The van der Waals surface area contributed by atoms with Crippen molar-refractivity contribution in [2.45, 2.75) is 78.2 Å². The van der Waals surface area contributed by atoms with Crippen molar-refractivity contribution in [2.75, 3.05) is 6.54 Å². The van der Waals surface area contributed by atoms with E-state index in [1.165, 1.54) is 45.9 Å². The third-order valence-corrected chi connectivity index (χ3v) is 4.28. The molecule has 0 aromatic carbocycles. The molecule has 109 valence electrons. The molecule has 0 atom stereocenters. The first kappa shape index (κ1) is 18.5. The fraction of sp³-hybridized carbons (Fsp3) is 0.933. The predicted molar refractivity (Wildman–Crippen MR) is 83.7 cm³/mol. The highest BCUT2D eigenvalue weighted by molar-refractivity contribution is 6.42. The highest BCUT2D eigenvalue weighted by atomic mass is 14.7. The summed E-state index contributed by atoms with van der Waals surface area (Å²) in [5.41, 5.74) is 6.31. The molecule has 0 aliphatic heterocycles. The molecule has 0 spiro atoms. The van der Waals surface area contributed by atoms with Crippen LogP contribution in [0.1, 0.15) is 72.6 Å². The fourth-order valence-electron chi connectivity index (χ4n) is 1.94. The van der Waals surface area contributed by atoms with Gasteiger partial charge in [0, 0.05) is 11.5 Å². The summed E-state index contributed by atoms with van der Waals surface area (Å²) in [6.45, 7) is 9.70. The molecule has 0 amide bonds. The predicted octanol–water partition coefficient (Wildman–Crippen LogP) is 3.17. The van der Waals surface area contributed by atoms with Crippen molar-refractivity contribution in [3.8, 4) is 5.97 Å². The molecule has 0 bridgehead atoms. The van der Waals surface area contributed by atoms with Crippen LogP contribution >= 0.6 is 0 Å². The minimum Gasteiger partial charge on any atom is -0.347 e. The average Bonchev–Trinajstić information content (AvgIpc) is 2.30. The molecule has 3 nitrogen and oxygen atoms in total. The molecule has 0 saturated heterocycles. The zero-order valence-electron chi connectivity index (χ0n) is 13.3. The lowest BCUT2D eigenvalue weighted by molar-refractivity contribution is 0.180. The summed E-state index contributed by atoms with van der Waals surface area (Å²) in [5.74, 6) is 1.97. The summed E-state index contributed by atoms with van der Waals surface area (Å²) in [4.78, 5) is 0. The number of nitrogens with one attached hydrogen (secondary N) is 1. The van der Waals surface area contributed by atoms with E-state index >= 15 is 0 Å². The quantitative estimate of drug-likeness (QED) is 0.445. The van der Waals surface area contributed by atoms with Gasteiger partial charge in [0.15, 0.2) is 0 Å². The maximum Gasteiger partial charge on any atom is 0.348 e. The molecule has 1 radical (unpaired) electrons. The zero-order chi connectivity index (χ0) is 14.8.